The smallest absolute Gasteiger partial charge is 0.240 e. The van der Waals surface area contributed by atoms with Crippen molar-refractivity contribution < 1.29 is 19.1 Å². The Morgan fingerprint density at radius 1 is 1.21 bits per heavy atom. The van der Waals surface area contributed by atoms with E-state index in [0.717, 1.165) is 12.8 Å². The first-order chi connectivity index (χ1) is 11.3. The van der Waals surface area contributed by atoms with Crippen molar-refractivity contribution in [1.82, 2.24) is 0 Å². The van der Waals surface area contributed by atoms with Crippen LogP contribution in [0.3, 0.4) is 0 Å². The van der Waals surface area contributed by atoms with Crippen molar-refractivity contribution >= 4 is 17.5 Å². The third-order valence-corrected chi connectivity index (χ3v) is 5.77. The van der Waals surface area contributed by atoms with Gasteiger partial charge in [-0.15, -0.1) is 0 Å². The molecule has 1 aromatic carbocycles. The Morgan fingerprint density at radius 3 is 2.29 bits per heavy atom. The largest absolute Gasteiger partial charge is 0.495 e. The second-order valence-corrected chi connectivity index (χ2v) is 7.19. The fraction of sp³-hybridized carbons (Fsp3) is 0.500. The number of benzene rings is 1. The van der Waals surface area contributed by atoms with Gasteiger partial charge in [-0.3, -0.25) is 9.59 Å². The lowest BCUT2D eigenvalue weighted by Crippen LogP contribution is -2.40. The van der Waals surface area contributed by atoms with Crippen molar-refractivity contribution in [2.75, 3.05) is 12.0 Å². The first kappa shape index (κ1) is 15.2. The van der Waals surface area contributed by atoms with E-state index in [-0.39, 0.29) is 11.8 Å². The van der Waals surface area contributed by atoms with Crippen LogP contribution in [0.25, 0.3) is 0 Å². The minimum Gasteiger partial charge on any atom is -0.495 e. The van der Waals surface area contributed by atoms with E-state index in [9.17, 15) is 9.59 Å². The van der Waals surface area contributed by atoms with Gasteiger partial charge < -0.3 is 9.47 Å². The summed E-state index contributed by atoms with van der Waals surface area (Å²) in [5.41, 5.74) is -0.334. The maximum Gasteiger partial charge on any atom is 0.240 e. The Hall–Kier alpha value is -2.39. The Bertz CT molecular complexity index is 780. The minimum absolute atomic E-state index is 0.220. The summed E-state index contributed by atoms with van der Waals surface area (Å²) in [6, 6.07) is 6.78. The number of hydrogen-bond acceptors (Lipinski definition) is 5. The molecule has 0 N–H and O–H groups in total. The van der Waals surface area contributed by atoms with Crippen molar-refractivity contribution in [3.8, 4) is 11.8 Å². The summed E-state index contributed by atoms with van der Waals surface area (Å²) in [6.45, 7) is 3.86. The molecule has 2 bridgehead atoms. The predicted octanol–water partition coefficient (Wildman–Crippen LogP) is 2.01. The number of rotatable bonds is 2. The normalized spacial score (nSPS) is 36.8. The van der Waals surface area contributed by atoms with E-state index in [4.69, 9.17) is 14.7 Å². The summed E-state index contributed by atoms with van der Waals surface area (Å²) < 4.78 is 11.3. The molecule has 3 aliphatic heterocycles. The second kappa shape index (κ2) is 4.58. The highest BCUT2D eigenvalue weighted by molar-refractivity contribution is 6.23. The Morgan fingerprint density at radius 2 is 1.79 bits per heavy atom. The minimum atomic E-state index is -0.572. The van der Waals surface area contributed by atoms with Gasteiger partial charge in [-0.2, -0.15) is 5.26 Å². The molecule has 0 saturated carbocycles. The first-order valence-corrected chi connectivity index (χ1v) is 8.01. The number of amides is 2. The SMILES string of the molecule is COc1cc(N2C(=O)[C@@H]3[C@H](C2=O)[C@@]2(C)CC[C@]3(C)O2)ccc1C#N. The van der Waals surface area contributed by atoms with Crippen molar-refractivity contribution in [2.24, 2.45) is 11.8 Å². The molecule has 0 unspecified atom stereocenters. The van der Waals surface area contributed by atoms with E-state index in [1.54, 1.807) is 18.2 Å². The summed E-state index contributed by atoms with van der Waals surface area (Å²) in [5, 5.41) is 9.09. The number of anilines is 1. The fourth-order valence-corrected chi connectivity index (χ4v) is 4.63. The number of methoxy groups -OCH3 is 1. The topological polar surface area (TPSA) is 79.6 Å². The number of imide groups is 1. The molecular formula is C18H18N2O4. The molecular weight excluding hydrogens is 308 g/mol. The lowest BCUT2D eigenvalue weighted by Gasteiger charge is -2.27. The van der Waals surface area contributed by atoms with Crippen LogP contribution in [0.5, 0.6) is 5.75 Å². The summed E-state index contributed by atoms with van der Waals surface area (Å²) in [7, 11) is 1.46. The fourth-order valence-electron chi connectivity index (χ4n) is 4.63. The van der Waals surface area contributed by atoms with Crippen molar-refractivity contribution in [3.63, 3.8) is 0 Å². The van der Waals surface area contributed by atoms with Gasteiger partial charge in [0.15, 0.2) is 0 Å². The number of nitrogens with zero attached hydrogens (tertiary/aromatic N) is 2. The number of carbonyl (C=O) groups excluding carboxylic acids is 2. The van der Waals surface area contributed by atoms with Crippen molar-refractivity contribution in [1.29, 1.82) is 5.26 Å². The zero-order valence-electron chi connectivity index (χ0n) is 13.8. The van der Waals surface area contributed by atoms with E-state index in [1.165, 1.54) is 12.0 Å². The number of hydrogen-bond donors (Lipinski definition) is 0. The highest BCUT2D eigenvalue weighted by Gasteiger charge is 2.72. The van der Waals surface area contributed by atoms with E-state index in [0.29, 0.717) is 17.0 Å². The van der Waals surface area contributed by atoms with E-state index in [1.807, 2.05) is 19.9 Å². The summed E-state index contributed by atoms with van der Waals surface area (Å²) in [5.74, 6) is -0.967. The van der Waals surface area contributed by atoms with Crippen LogP contribution in [0.15, 0.2) is 18.2 Å². The van der Waals surface area contributed by atoms with Crippen LogP contribution in [0.1, 0.15) is 32.3 Å². The molecule has 3 saturated heterocycles. The van der Waals surface area contributed by atoms with Gasteiger partial charge in [0.25, 0.3) is 0 Å². The van der Waals surface area contributed by atoms with Gasteiger partial charge in [0.1, 0.15) is 11.8 Å². The molecule has 2 amide bonds. The molecule has 4 atom stereocenters. The molecule has 1 aromatic rings. The Balaban J connectivity index is 1.78. The van der Waals surface area contributed by atoms with E-state index >= 15 is 0 Å². The third kappa shape index (κ3) is 1.68. The highest BCUT2D eigenvalue weighted by Crippen LogP contribution is 2.60. The number of carbonyl (C=O) groups is 2. The van der Waals surface area contributed by atoms with Crippen molar-refractivity contribution in [2.45, 2.75) is 37.9 Å². The number of ether oxygens (including phenoxy) is 2. The van der Waals surface area contributed by atoms with E-state index < -0.39 is 23.0 Å². The predicted molar refractivity (Wildman–Crippen MR) is 84.3 cm³/mol. The molecule has 0 spiro atoms. The van der Waals surface area contributed by atoms with Gasteiger partial charge in [-0.1, -0.05) is 0 Å². The Labute approximate surface area is 139 Å². The standard InChI is InChI=1S/C18H18N2O4/c1-17-6-7-18(2,24-17)14-13(17)15(21)20(16(14)22)11-5-4-10(9-19)12(8-11)23-3/h4-5,8,13-14H,6-7H2,1-3H3/t13-,14+,17-,18+. The van der Waals surface area contributed by atoms with Gasteiger partial charge in [-0.25, -0.2) is 4.90 Å². The molecule has 6 heteroatoms. The van der Waals surface area contributed by atoms with Crippen LogP contribution in [0.2, 0.25) is 0 Å². The quantitative estimate of drug-likeness (QED) is 0.777. The molecule has 0 aliphatic carbocycles. The first-order valence-electron chi connectivity index (χ1n) is 8.01. The van der Waals surface area contributed by atoms with Crippen LogP contribution in [-0.2, 0) is 14.3 Å². The molecule has 4 rings (SSSR count). The molecule has 0 radical (unpaired) electrons. The highest BCUT2D eigenvalue weighted by atomic mass is 16.5. The molecule has 6 nitrogen and oxygen atoms in total. The lowest BCUT2D eigenvalue weighted by molar-refractivity contribution is -0.129. The van der Waals surface area contributed by atoms with Crippen molar-refractivity contribution in [3.05, 3.63) is 23.8 Å². The molecule has 124 valence electrons. The summed E-state index contributed by atoms with van der Waals surface area (Å²) in [6.07, 6.45) is 1.57. The van der Waals surface area contributed by atoms with Crippen LogP contribution in [0, 0.1) is 23.2 Å². The maximum atomic E-state index is 13.0. The Kier molecular flexibility index (Phi) is 2.89. The van der Waals surface area contributed by atoms with Crippen LogP contribution in [0.4, 0.5) is 5.69 Å². The lowest BCUT2D eigenvalue weighted by atomic mass is 9.69. The zero-order chi connectivity index (χ0) is 17.3. The molecule has 24 heavy (non-hydrogen) atoms. The van der Waals surface area contributed by atoms with E-state index in [2.05, 4.69) is 0 Å². The van der Waals surface area contributed by atoms with Gasteiger partial charge in [0.2, 0.25) is 11.8 Å². The molecule has 0 aromatic heterocycles. The monoisotopic (exact) mass is 326 g/mol. The average molecular weight is 326 g/mol. The van der Waals surface area contributed by atoms with Crippen LogP contribution < -0.4 is 9.64 Å². The number of fused-ring (bicyclic) bond motifs is 5. The zero-order valence-corrected chi connectivity index (χ0v) is 13.8. The van der Waals surface area contributed by atoms with Gasteiger partial charge >= 0.3 is 0 Å². The van der Waals surface area contributed by atoms with Crippen LogP contribution >= 0.6 is 0 Å². The molecule has 3 aliphatic rings. The summed E-state index contributed by atoms with van der Waals surface area (Å²) >= 11 is 0. The van der Waals surface area contributed by atoms with Gasteiger partial charge in [0, 0.05) is 6.07 Å². The molecule has 3 heterocycles. The van der Waals surface area contributed by atoms with Crippen LogP contribution in [-0.4, -0.2) is 30.1 Å². The third-order valence-electron chi connectivity index (χ3n) is 5.77. The van der Waals surface area contributed by atoms with Gasteiger partial charge in [-0.05, 0) is 38.8 Å². The number of nitriles is 1. The second-order valence-electron chi connectivity index (χ2n) is 7.19. The molecule has 3 fully saturated rings. The average Bonchev–Trinajstić information content (AvgIpc) is 3.11. The van der Waals surface area contributed by atoms with Gasteiger partial charge in [0.05, 0.1) is 41.4 Å². The summed E-state index contributed by atoms with van der Waals surface area (Å²) in [4.78, 5) is 27.3. The maximum absolute atomic E-state index is 13.0.